The molecule has 66 valence electrons. The third-order valence-corrected chi connectivity index (χ3v) is 4.39. The second-order valence-corrected chi connectivity index (χ2v) is 6.69. The molecule has 1 aliphatic heterocycles. The molecule has 2 unspecified atom stereocenters. The van der Waals surface area contributed by atoms with E-state index >= 15 is 0 Å². The molecule has 0 aliphatic carbocycles. The van der Waals surface area contributed by atoms with Crippen LogP contribution in [-0.2, 0) is 13.6 Å². The molecule has 0 amide bonds. The molecule has 0 radical (unpaired) electrons. The number of hydrogen-bond donors (Lipinski definition) is 0. The smallest absolute Gasteiger partial charge is 0.305 e. The lowest BCUT2D eigenvalue weighted by molar-refractivity contribution is 0.252. The minimum absolute atomic E-state index is 0.0277. The lowest BCUT2D eigenvalue weighted by Crippen LogP contribution is -2.15. The maximum Gasteiger partial charge on any atom is 0.336 e. The van der Waals surface area contributed by atoms with Crippen molar-refractivity contribution in [2.24, 2.45) is 0 Å². The highest BCUT2D eigenvalue weighted by Gasteiger charge is 2.45. The topological polar surface area (TPSA) is 35.5 Å². The zero-order valence-electron chi connectivity index (χ0n) is 7.46. The first kappa shape index (κ1) is 9.24. The molecule has 1 rings (SSSR count). The molecular weight excluding hydrogens is 163 g/mol. The summed E-state index contributed by atoms with van der Waals surface area (Å²) in [7, 11) is -2.81. The van der Waals surface area contributed by atoms with Gasteiger partial charge in [0.25, 0.3) is 0 Å². The monoisotopic (exact) mass is 178 g/mol. The fourth-order valence-electron chi connectivity index (χ4n) is 0.853. The van der Waals surface area contributed by atoms with Gasteiger partial charge in [-0.2, -0.15) is 0 Å². The van der Waals surface area contributed by atoms with Crippen LogP contribution in [0.25, 0.3) is 0 Å². The molecule has 1 heterocycles. The quantitative estimate of drug-likeness (QED) is 0.534. The van der Waals surface area contributed by atoms with Gasteiger partial charge >= 0.3 is 7.60 Å². The van der Waals surface area contributed by atoms with Crippen LogP contribution in [0.15, 0.2) is 0 Å². The highest BCUT2D eigenvalue weighted by atomic mass is 31.2. The molecular formula is C7H15O3P. The van der Waals surface area contributed by atoms with Crippen molar-refractivity contribution in [3.05, 3.63) is 0 Å². The van der Waals surface area contributed by atoms with E-state index in [2.05, 4.69) is 0 Å². The first-order chi connectivity index (χ1) is 4.85. The van der Waals surface area contributed by atoms with Gasteiger partial charge in [-0.3, -0.25) is 4.57 Å². The highest BCUT2D eigenvalue weighted by Crippen LogP contribution is 2.63. The molecule has 0 N–H and O–H groups in total. The fourth-order valence-corrected chi connectivity index (χ4v) is 2.56. The van der Waals surface area contributed by atoms with E-state index in [1.165, 1.54) is 0 Å². The highest BCUT2D eigenvalue weighted by molar-refractivity contribution is 7.55. The van der Waals surface area contributed by atoms with Crippen molar-refractivity contribution in [1.29, 1.82) is 0 Å². The van der Waals surface area contributed by atoms with Crippen molar-refractivity contribution in [3.8, 4) is 0 Å². The Labute approximate surface area is 67.6 Å². The van der Waals surface area contributed by atoms with Gasteiger partial charge in [0.05, 0.1) is 17.9 Å². The summed E-state index contributed by atoms with van der Waals surface area (Å²) in [4.78, 5) is 0. The predicted molar refractivity (Wildman–Crippen MR) is 43.9 cm³/mol. The van der Waals surface area contributed by atoms with Gasteiger partial charge in [-0.15, -0.1) is 0 Å². The molecule has 2 atom stereocenters. The Morgan fingerprint density at radius 2 is 2.00 bits per heavy atom. The zero-order chi connectivity index (χ0) is 8.70. The van der Waals surface area contributed by atoms with Crippen molar-refractivity contribution in [2.75, 3.05) is 6.61 Å². The van der Waals surface area contributed by atoms with E-state index in [0.717, 1.165) is 0 Å². The maximum absolute atomic E-state index is 11.8. The zero-order valence-corrected chi connectivity index (χ0v) is 8.35. The van der Waals surface area contributed by atoms with Crippen LogP contribution in [0.3, 0.4) is 0 Å². The van der Waals surface area contributed by atoms with E-state index < -0.39 is 12.8 Å². The summed E-state index contributed by atoms with van der Waals surface area (Å²) in [5.74, 6) is 0. The summed E-state index contributed by atoms with van der Waals surface area (Å²) < 4.78 is 22.2. The molecule has 1 aliphatic rings. The summed E-state index contributed by atoms with van der Waals surface area (Å²) in [6.45, 7) is 7.92. The van der Waals surface area contributed by atoms with E-state index in [-0.39, 0.29) is 6.10 Å². The van der Waals surface area contributed by atoms with Gasteiger partial charge < -0.3 is 9.05 Å². The number of rotatable bonds is 0. The van der Waals surface area contributed by atoms with Crippen LogP contribution in [0.5, 0.6) is 0 Å². The Bertz CT molecular complexity index is 194. The van der Waals surface area contributed by atoms with Gasteiger partial charge in [-0.05, 0) is 27.7 Å². The second-order valence-electron chi connectivity index (χ2n) is 3.88. The normalized spacial score (nSPS) is 39.5. The summed E-state index contributed by atoms with van der Waals surface area (Å²) in [5, 5.41) is -0.391. The number of hydrogen-bond acceptors (Lipinski definition) is 3. The molecule has 0 aromatic heterocycles. The van der Waals surface area contributed by atoms with Gasteiger partial charge in [0.2, 0.25) is 0 Å². The van der Waals surface area contributed by atoms with Gasteiger partial charge in [0, 0.05) is 0 Å². The second kappa shape index (κ2) is 2.58. The van der Waals surface area contributed by atoms with E-state index in [0.29, 0.717) is 6.61 Å². The molecule has 0 spiro atoms. The molecule has 3 nitrogen and oxygen atoms in total. The molecule has 0 aromatic carbocycles. The largest absolute Gasteiger partial charge is 0.336 e. The van der Waals surface area contributed by atoms with E-state index in [4.69, 9.17) is 9.05 Å². The third kappa shape index (κ3) is 1.66. The van der Waals surface area contributed by atoms with Crippen LogP contribution in [0.1, 0.15) is 27.7 Å². The minimum atomic E-state index is -2.81. The minimum Gasteiger partial charge on any atom is -0.305 e. The first-order valence-electron chi connectivity index (χ1n) is 3.78. The van der Waals surface area contributed by atoms with Gasteiger partial charge in [0.15, 0.2) is 0 Å². The van der Waals surface area contributed by atoms with Crippen molar-refractivity contribution < 1.29 is 13.6 Å². The Hall–Kier alpha value is 0.150. The molecule has 4 heteroatoms. The van der Waals surface area contributed by atoms with Crippen molar-refractivity contribution >= 4 is 7.60 Å². The lowest BCUT2D eigenvalue weighted by atomic mass is 10.3. The van der Waals surface area contributed by atoms with Gasteiger partial charge in [0.1, 0.15) is 0 Å². The molecule has 1 saturated heterocycles. The van der Waals surface area contributed by atoms with Crippen LogP contribution < -0.4 is 0 Å². The molecule has 0 bridgehead atoms. The Kier molecular flexibility index (Phi) is 2.17. The Morgan fingerprint density at radius 3 is 2.18 bits per heavy atom. The average molecular weight is 178 g/mol. The third-order valence-electron chi connectivity index (χ3n) is 1.62. The van der Waals surface area contributed by atoms with Crippen LogP contribution in [0.4, 0.5) is 0 Å². The van der Waals surface area contributed by atoms with Crippen LogP contribution in [0.2, 0.25) is 0 Å². The summed E-state index contributed by atoms with van der Waals surface area (Å²) in [6.07, 6.45) is -0.0277. The van der Waals surface area contributed by atoms with Crippen LogP contribution >= 0.6 is 7.60 Å². The van der Waals surface area contributed by atoms with Crippen molar-refractivity contribution in [3.63, 3.8) is 0 Å². The first-order valence-corrected chi connectivity index (χ1v) is 5.32. The Morgan fingerprint density at radius 1 is 1.45 bits per heavy atom. The van der Waals surface area contributed by atoms with E-state index in [9.17, 15) is 4.57 Å². The summed E-state index contributed by atoms with van der Waals surface area (Å²) in [5.41, 5.74) is 0. The summed E-state index contributed by atoms with van der Waals surface area (Å²) >= 11 is 0. The maximum atomic E-state index is 11.8. The van der Waals surface area contributed by atoms with Crippen molar-refractivity contribution in [2.45, 2.75) is 39.0 Å². The lowest BCUT2D eigenvalue weighted by Gasteiger charge is -2.24. The standard InChI is InChI=1S/C7H15O3P/c1-6-5-9-11(8,10-6)7(2,3)4/h6H,5H2,1-4H3. The van der Waals surface area contributed by atoms with Gasteiger partial charge in [-0.1, -0.05) is 0 Å². The Balaban J connectivity index is 2.79. The van der Waals surface area contributed by atoms with E-state index in [1.807, 2.05) is 27.7 Å². The molecule has 11 heavy (non-hydrogen) atoms. The van der Waals surface area contributed by atoms with Crippen LogP contribution in [0, 0.1) is 0 Å². The predicted octanol–water partition coefficient (Wildman–Crippen LogP) is 2.41. The summed E-state index contributed by atoms with van der Waals surface area (Å²) in [6, 6.07) is 0. The SMILES string of the molecule is CC1COP(=O)(C(C)(C)C)O1. The van der Waals surface area contributed by atoms with Crippen LogP contribution in [-0.4, -0.2) is 17.9 Å². The molecule has 1 fully saturated rings. The van der Waals surface area contributed by atoms with Crippen molar-refractivity contribution in [1.82, 2.24) is 0 Å². The van der Waals surface area contributed by atoms with Gasteiger partial charge in [-0.25, -0.2) is 0 Å². The molecule has 0 aromatic rings. The average Bonchev–Trinajstić information content (AvgIpc) is 2.10. The fraction of sp³-hybridized carbons (Fsp3) is 1.00. The molecule has 0 saturated carbocycles. The van der Waals surface area contributed by atoms with E-state index in [1.54, 1.807) is 0 Å².